The third kappa shape index (κ3) is 4.14. The Balaban J connectivity index is 1.77. The zero-order valence-corrected chi connectivity index (χ0v) is 15.9. The molecule has 0 unspecified atom stereocenters. The molecular weight excluding hydrogens is 377 g/mol. The summed E-state index contributed by atoms with van der Waals surface area (Å²) in [5.41, 5.74) is 1.04. The average molecular weight is 396 g/mol. The number of hydrogen-bond acceptors (Lipinski definition) is 4. The number of fused-ring (bicyclic) bond motifs is 1. The Morgan fingerprint density at radius 3 is 2.44 bits per heavy atom. The number of rotatable bonds is 5. The van der Waals surface area contributed by atoms with Crippen molar-refractivity contribution in [1.82, 2.24) is 19.2 Å². The Labute approximate surface area is 159 Å². The number of alkyl halides is 3. The number of nitrogens with zero attached hydrogens (tertiary/aromatic N) is 4. The smallest absolute Gasteiger partial charge is 0.451 e. The van der Waals surface area contributed by atoms with E-state index in [4.69, 9.17) is 17.0 Å². The zero-order chi connectivity index (χ0) is 19.8. The highest BCUT2D eigenvalue weighted by molar-refractivity contribution is 7.71. The highest BCUT2D eigenvalue weighted by Gasteiger charge is 2.37. The fourth-order valence-corrected chi connectivity index (χ4v) is 3.10. The molecule has 144 valence electrons. The van der Waals surface area contributed by atoms with Crippen LogP contribution in [-0.2, 0) is 26.4 Å². The average Bonchev–Trinajstić information content (AvgIpc) is 2.89. The molecule has 1 heterocycles. The second-order valence-corrected chi connectivity index (χ2v) is 6.73. The van der Waals surface area contributed by atoms with Crippen molar-refractivity contribution < 1.29 is 17.9 Å². The predicted octanol–water partition coefficient (Wildman–Crippen LogP) is 4.22. The van der Waals surface area contributed by atoms with Crippen molar-refractivity contribution in [2.75, 3.05) is 14.2 Å². The number of ether oxygens (including phenoxy) is 1. The van der Waals surface area contributed by atoms with E-state index in [1.165, 1.54) is 11.7 Å². The van der Waals surface area contributed by atoms with Crippen LogP contribution >= 0.6 is 12.2 Å². The summed E-state index contributed by atoms with van der Waals surface area (Å²) in [6, 6.07) is 11.8. The maximum atomic E-state index is 13.0. The van der Waals surface area contributed by atoms with Crippen LogP contribution in [0.5, 0.6) is 5.75 Å². The highest BCUT2D eigenvalue weighted by atomic mass is 32.1. The van der Waals surface area contributed by atoms with E-state index in [-0.39, 0.29) is 11.4 Å². The Morgan fingerprint density at radius 1 is 1.15 bits per heavy atom. The molecule has 9 heteroatoms. The van der Waals surface area contributed by atoms with Gasteiger partial charge in [-0.05, 0) is 53.8 Å². The van der Waals surface area contributed by atoms with Crippen molar-refractivity contribution >= 4 is 23.0 Å². The van der Waals surface area contributed by atoms with Crippen molar-refractivity contribution in [1.29, 1.82) is 0 Å². The van der Waals surface area contributed by atoms with Gasteiger partial charge in [0.1, 0.15) is 5.75 Å². The number of methoxy groups -OCH3 is 1. The Kier molecular flexibility index (Phi) is 5.25. The number of halogens is 3. The number of hydrogen-bond donors (Lipinski definition) is 0. The summed E-state index contributed by atoms with van der Waals surface area (Å²) in [7, 11) is 4.70. The van der Waals surface area contributed by atoms with E-state index < -0.39 is 12.0 Å². The summed E-state index contributed by atoms with van der Waals surface area (Å²) < 4.78 is 46.2. The zero-order valence-electron chi connectivity index (χ0n) is 15.1. The Morgan fingerprint density at radius 2 is 1.81 bits per heavy atom. The summed E-state index contributed by atoms with van der Waals surface area (Å²) >= 11 is 5.08. The van der Waals surface area contributed by atoms with Crippen LogP contribution in [0.1, 0.15) is 11.4 Å². The van der Waals surface area contributed by atoms with E-state index >= 15 is 0 Å². The number of benzene rings is 2. The molecule has 3 rings (SSSR count). The summed E-state index contributed by atoms with van der Waals surface area (Å²) in [5, 5.41) is 5.75. The maximum absolute atomic E-state index is 13.0. The molecule has 0 saturated heterocycles. The second-order valence-electron chi connectivity index (χ2n) is 6.37. The standard InChI is InChI=1S/C18H19F3N4OS/c1-23(11-25-17(27)24(2)16(22-25)18(19,20)21)10-12-4-5-14-9-15(26-3)7-6-13(14)8-12/h4-9H,10-11H2,1-3H3. The van der Waals surface area contributed by atoms with E-state index in [2.05, 4.69) is 5.10 Å². The van der Waals surface area contributed by atoms with E-state index in [0.29, 0.717) is 6.54 Å². The first-order valence-corrected chi connectivity index (χ1v) is 8.56. The number of aromatic nitrogens is 3. The fourth-order valence-electron chi connectivity index (χ4n) is 2.92. The second kappa shape index (κ2) is 7.32. The summed E-state index contributed by atoms with van der Waals surface area (Å²) in [4.78, 5) is 1.85. The molecule has 2 aromatic carbocycles. The van der Waals surface area contributed by atoms with Crippen LogP contribution < -0.4 is 4.74 Å². The van der Waals surface area contributed by atoms with Crippen molar-refractivity contribution in [2.24, 2.45) is 7.05 Å². The van der Waals surface area contributed by atoms with Crippen LogP contribution in [0, 0.1) is 4.77 Å². The molecule has 27 heavy (non-hydrogen) atoms. The van der Waals surface area contributed by atoms with Crippen LogP contribution in [0.25, 0.3) is 10.8 Å². The Hall–Kier alpha value is -2.39. The highest BCUT2D eigenvalue weighted by Crippen LogP contribution is 2.27. The van der Waals surface area contributed by atoms with Gasteiger partial charge in [-0.25, -0.2) is 4.68 Å². The van der Waals surface area contributed by atoms with Gasteiger partial charge in [0.2, 0.25) is 5.82 Å². The van der Waals surface area contributed by atoms with E-state index in [9.17, 15) is 13.2 Å². The lowest BCUT2D eigenvalue weighted by molar-refractivity contribution is -0.147. The lowest BCUT2D eigenvalue weighted by Gasteiger charge is -2.17. The van der Waals surface area contributed by atoms with Gasteiger partial charge in [0.15, 0.2) is 4.77 Å². The van der Waals surface area contributed by atoms with Gasteiger partial charge in [-0.1, -0.05) is 18.2 Å². The first-order valence-electron chi connectivity index (χ1n) is 8.15. The first-order chi connectivity index (χ1) is 12.7. The molecule has 0 aliphatic rings. The van der Waals surface area contributed by atoms with Crippen LogP contribution in [-0.4, -0.2) is 33.4 Å². The lowest BCUT2D eigenvalue weighted by Crippen LogP contribution is -2.23. The third-order valence-electron chi connectivity index (χ3n) is 4.23. The largest absolute Gasteiger partial charge is 0.497 e. The van der Waals surface area contributed by atoms with Crippen LogP contribution in [0.15, 0.2) is 36.4 Å². The maximum Gasteiger partial charge on any atom is 0.451 e. The summed E-state index contributed by atoms with van der Waals surface area (Å²) in [6.07, 6.45) is -4.54. The van der Waals surface area contributed by atoms with Gasteiger partial charge in [-0.3, -0.25) is 9.47 Å². The molecule has 0 aliphatic carbocycles. The molecule has 0 fully saturated rings. The van der Waals surface area contributed by atoms with Crippen LogP contribution in [0.2, 0.25) is 0 Å². The van der Waals surface area contributed by atoms with Crippen molar-refractivity contribution in [3.63, 3.8) is 0 Å². The van der Waals surface area contributed by atoms with Gasteiger partial charge in [0.25, 0.3) is 0 Å². The first kappa shape index (κ1) is 19.4. The minimum Gasteiger partial charge on any atom is -0.497 e. The van der Waals surface area contributed by atoms with Crippen molar-refractivity contribution in [3.05, 3.63) is 52.6 Å². The lowest BCUT2D eigenvalue weighted by atomic mass is 10.1. The van der Waals surface area contributed by atoms with Crippen LogP contribution in [0.3, 0.4) is 0 Å². The molecule has 0 saturated carbocycles. The summed E-state index contributed by atoms with van der Waals surface area (Å²) in [5.74, 6) is -0.210. The van der Waals surface area contributed by atoms with Gasteiger partial charge in [0, 0.05) is 13.6 Å². The SMILES string of the molecule is COc1ccc2cc(CN(C)Cn3nc(C(F)(F)F)n(C)c3=S)ccc2c1. The van der Waals surface area contributed by atoms with E-state index in [1.54, 1.807) is 7.11 Å². The molecule has 0 radical (unpaired) electrons. The van der Waals surface area contributed by atoms with Crippen molar-refractivity contribution in [2.45, 2.75) is 19.4 Å². The predicted molar refractivity (Wildman–Crippen MR) is 99.0 cm³/mol. The van der Waals surface area contributed by atoms with Gasteiger partial charge >= 0.3 is 6.18 Å². The third-order valence-corrected chi connectivity index (χ3v) is 4.72. The molecule has 3 aromatic rings. The molecule has 0 N–H and O–H groups in total. The summed E-state index contributed by atoms with van der Waals surface area (Å²) in [6.45, 7) is 0.699. The van der Waals surface area contributed by atoms with Gasteiger partial charge in [-0.15, -0.1) is 5.10 Å². The molecule has 0 spiro atoms. The molecular formula is C18H19F3N4OS. The van der Waals surface area contributed by atoms with E-state index in [0.717, 1.165) is 26.7 Å². The van der Waals surface area contributed by atoms with E-state index in [1.807, 2.05) is 48.3 Å². The molecule has 0 bridgehead atoms. The minimum atomic E-state index is -4.54. The van der Waals surface area contributed by atoms with Gasteiger partial charge < -0.3 is 4.74 Å². The fraction of sp³-hybridized carbons (Fsp3) is 0.333. The Bertz CT molecular complexity index is 1030. The monoisotopic (exact) mass is 396 g/mol. The van der Waals surface area contributed by atoms with Crippen LogP contribution in [0.4, 0.5) is 13.2 Å². The van der Waals surface area contributed by atoms with Gasteiger partial charge in [-0.2, -0.15) is 13.2 Å². The van der Waals surface area contributed by atoms with Gasteiger partial charge in [0.05, 0.1) is 13.8 Å². The quantitative estimate of drug-likeness (QED) is 0.605. The molecule has 0 amide bonds. The molecule has 5 nitrogen and oxygen atoms in total. The topological polar surface area (TPSA) is 35.2 Å². The molecule has 1 aromatic heterocycles. The normalized spacial score (nSPS) is 12.1. The molecule has 0 atom stereocenters. The van der Waals surface area contributed by atoms with Crippen molar-refractivity contribution in [3.8, 4) is 5.75 Å². The minimum absolute atomic E-state index is 0.0276. The molecule has 0 aliphatic heterocycles.